The number of alkyl halides is 3. The van der Waals surface area contributed by atoms with E-state index in [0.717, 1.165) is 11.6 Å². The van der Waals surface area contributed by atoms with Gasteiger partial charge in [0.05, 0.1) is 11.0 Å². The van der Waals surface area contributed by atoms with Crippen LogP contribution in [-0.4, -0.2) is 32.6 Å². The number of hydrogen-bond donors (Lipinski definition) is 2. The van der Waals surface area contributed by atoms with E-state index in [1.165, 1.54) is 12.1 Å². The maximum atomic E-state index is 13.4. The van der Waals surface area contributed by atoms with Crippen LogP contribution in [0, 0.1) is 0 Å². The van der Waals surface area contributed by atoms with Crippen molar-refractivity contribution in [2.45, 2.75) is 43.9 Å². The predicted octanol–water partition coefficient (Wildman–Crippen LogP) is 5.71. The van der Waals surface area contributed by atoms with E-state index >= 15 is 0 Å². The molecule has 0 radical (unpaired) electrons. The SMILES string of the molecule is O=C(NC1CCC(Nc2cc(C(F)(F)F)nc3ccc(Cl)cc23)CC1)c1cc2ccccn2n1. The normalized spacial score (nSPS) is 18.8. The third-order valence-electron chi connectivity index (χ3n) is 6.09. The molecule has 0 bridgehead atoms. The minimum Gasteiger partial charge on any atom is -0.382 e. The molecule has 1 aromatic carbocycles. The molecule has 1 amide bonds. The van der Waals surface area contributed by atoms with Crippen LogP contribution < -0.4 is 10.6 Å². The van der Waals surface area contributed by atoms with Crippen LogP contribution in [0.5, 0.6) is 0 Å². The van der Waals surface area contributed by atoms with E-state index in [2.05, 4.69) is 20.7 Å². The summed E-state index contributed by atoms with van der Waals surface area (Å²) >= 11 is 6.08. The van der Waals surface area contributed by atoms with Crippen molar-refractivity contribution >= 4 is 39.6 Å². The second-order valence-corrected chi connectivity index (χ2v) is 8.92. The minimum atomic E-state index is -4.55. The Bertz CT molecular complexity index is 1330. The lowest BCUT2D eigenvalue weighted by Crippen LogP contribution is -2.40. The molecule has 2 N–H and O–H groups in total. The topological polar surface area (TPSA) is 71.3 Å². The van der Waals surface area contributed by atoms with E-state index in [-0.39, 0.29) is 23.5 Å². The molecule has 6 nitrogen and oxygen atoms in total. The van der Waals surface area contributed by atoms with Crippen molar-refractivity contribution in [3.8, 4) is 0 Å². The maximum absolute atomic E-state index is 13.4. The Morgan fingerprint density at radius 2 is 1.79 bits per heavy atom. The number of aromatic nitrogens is 3. The van der Waals surface area contributed by atoms with E-state index in [4.69, 9.17) is 11.6 Å². The minimum absolute atomic E-state index is 0.0234. The van der Waals surface area contributed by atoms with Gasteiger partial charge in [0.25, 0.3) is 5.91 Å². The lowest BCUT2D eigenvalue weighted by Gasteiger charge is -2.30. The van der Waals surface area contributed by atoms with Crippen molar-refractivity contribution in [1.29, 1.82) is 0 Å². The van der Waals surface area contributed by atoms with E-state index in [0.29, 0.717) is 47.5 Å². The van der Waals surface area contributed by atoms with Crippen molar-refractivity contribution in [2.24, 2.45) is 0 Å². The number of hydrogen-bond acceptors (Lipinski definition) is 4. The summed E-state index contributed by atoms with van der Waals surface area (Å²) in [4.78, 5) is 16.4. The van der Waals surface area contributed by atoms with Gasteiger partial charge in [0, 0.05) is 34.4 Å². The quantitative estimate of drug-likeness (QED) is 0.387. The fraction of sp³-hybridized carbons (Fsp3) is 0.292. The van der Waals surface area contributed by atoms with Crippen LogP contribution in [0.2, 0.25) is 5.02 Å². The first-order chi connectivity index (χ1) is 16.3. The smallest absolute Gasteiger partial charge is 0.382 e. The Morgan fingerprint density at radius 1 is 1.03 bits per heavy atom. The zero-order valence-corrected chi connectivity index (χ0v) is 18.7. The predicted molar refractivity (Wildman–Crippen MR) is 124 cm³/mol. The molecule has 10 heteroatoms. The van der Waals surface area contributed by atoms with E-state index in [1.54, 1.807) is 22.8 Å². The van der Waals surface area contributed by atoms with Gasteiger partial charge in [-0.15, -0.1) is 0 Å². The van der Waals surface area contributed by atoms with Gasteiger partial charge in [-0.05, 0) is 68.1 Å². The maximum Gasteiger partial charge on any atom is 0.433 e. The van der Waals surface area contributed by atoms with Gasteiger partial charge < -0.3 is 10.6 Å². The van der Waals surface area contributed by atoms with Gasteiger partial charge in [-0.2, -0.15) is 18.3 Å². The molecule has 176 valence electrons. The number of fused-ring (bicyclic) bond motifs is 2. The third-order valence-corrected chi connectivity index (χ3v) is 6.32. The zero-order valence-electron chi connectivity index (χ0n) is 17.9. The Balaban J connectivity index is 1.26. The fourth-order valence-corrected chi connectivity index (χ4v) is 4.55. The van der Waals surface area contributed by atoms with Crippen LogP contribution in [-0.2, 0) is 6.18 Å². The summed E-state index contributed by atoms with van der Waals surface area (Å²) in [6.07, 6.45) is 0.0241. The molecule has 4 aromatic rings. The molecular formula is C24H21ClF3N5O. The highest BCUT2D eigenvalue weighted by atomic mass is 35.5. The second-order valence-electron chi connectivity index (χ2n) is 8.48. The summed E-state index contributed by atoms with van der Waals surface area (Å²) in [6.45, 7) is 0. The number of pyridine rings is 2. The van der Waals surface area contributed by atoms with Crippen LogP contribution in [0.3, 0.4) is 0 Å². The summed E-state index contributed by atoms with van der Waals surface area (Å²) in [5.74, 6) is -0.232. The van der Waals surface area contributed by atoms with Crippen molar-refractivity contribution < 1.29 is 18.0 Å². The first kappa shape index (κ1) is 22.5. The van der Waals surface area contributed by atoms with Gasteiger partial charge in [0.1, 0.15) is 5.69 Å². The zero-order chi connectivity index (χ0) is 23.9. The molecular weight excluding hydrogens is 467 g/mol. The molecule has 1 saturated carbocycles. The highest BCUT2D eigenvalue weighted by Gasteiger charge is 2.34. The van der Waals surface area contributed by atoms with Crippen molar-refractivity contribution in [3.05, 3.63) is 71.1 Å². The fourth-order valence-electron chi connectivity index (χ4n) is 4.37. The van der Waals surface area contributed by atoms with Crippen LogP contribution in [0.1, 0.15) is 41.9 Å². The molecule has 0 aliphatic heterocycles. The van der Waals surface area contributed by atoms with E-state index in [1.807, 2.05) is 18.2 Å². The summed E-state index contributed by atoms with van der Waals surface area (Å²) in [5.41, 5.74) is 0.833. The van der Waals surface area contributed by atoms with Crippen molar-refractivity contribution in [1.82, 2.24) is 19.9 Å². The molecule has 34 heavy (non-hydrogen) atoms. The van der Waals surface area contributed by atoms with E-state index < -0.39 is 11.9 Å². The number of halogens is 4. The number of anilines is 1. The number of benzene rings is 1. The Hall–Kier alpha value is -3.33. The summed E-state index contributed by atoms with van der Waals surface area (Å²) in [7, 11) is 0. The molecule has 1 fully saturated rings. The first-order valence-electron chi connectivity index (χ1n) is 11.0. The van der Waals surface area contributed by atoms with Crippen LogP contribution in [0.25, 0.3) is 16.4 Å². The van der Waals surface area contributed by atoms with Crippen LogP contribution in [0.4, 0.5) is 18.9 Å². The van der Waals surface area contributed by atoms with Gasteiger partial charge in [-0.3, -0.25) is 4.79 Å². The number of amides is 1. The molecule has 5 rings (SSSR count). The van der Waals surface area contributed by atoms with Gasteiger partial charge in [0.2, 0.25) is 0 Å². The largest absolute Gasteiger partial charge is 0.433 e. The molecule has 3 aromatic heterocycles. The number of rotatable bonds is 4. The van der Waals surface area contributed by atoms with E-state index in [9.17, 15) is 18.0 Å². The molecule has 0 saturated heterocycles. The van der Waals surface area contributed by atoms with Gasteiger partial charge in [-0.1, -0.05) is 17.7 Å². The van der Waals surface area contributed by atoms with Crippen molar-refractivity contribution in [2.75, 3.05) is 5.32 Å². The molecule has 0 atom stereocenters. The molecule has 1 aliphatic carbocycles. The van der Waals surface area contributed by atoms with Crippen LogP contribution in [0.15, 0.2) is 54.7 Å². The van der Waals surface area contributed by atoms with Gasteiger partial charge in [0.15, 0.2) is 5.69 Å². The molecule has 0 unspecified atom stereocenters. The first-order valence-corrected chi connectivity index (χ1v) is 11.3. The standard InChI is InChI=1S/C24H21ClF3N5O/c25-14-4-9-19-18(11-14)20(13-22(31-19)24(26,27)28)29-15-5-7-16(8-6-15)30-23(34)21-12-17-3-1-2-10-33(17)32-21/h1-4,9-13,15-16H,5-8H2,(H,29,31)(H,30,34). The third kappa shape index (κ3) is 4.65. The average molecular weight is 488 g/mol. The average Bonchev–Trinajstić information content (AvgIpc) is 3.24. The molecule has 3 heterocycles. The number of carbonyl (C=O) groups excluding carboxylic acids is 1. The Labute approximate surface area is 198 Å². The lowest BCUT2D eigenvalue weighted by atomic mass is 9.90. The summed E-state index contributed by atoms with van der Waals surface area (Å²) in [6, 6.07) is 12.9. The van der Waals surface area contributed by atoms with Crippen LogP contribution >= 0.6 is 11.6 Å². The highest BCUT2D eigenvalue weighted by molar-refractivity contribution is 6.31. The monoisotopic (exact) mass is 487 g/mol. The van der Waals surface area contributed by atoms with Gasteiger partial charge in [-0.25, -0.2) is 9.50 Å². The lowest BCUT2D eigenvalue weighted by molar-refractivity contribution is -0.140. The summed E-state index contributed by atoms with van der Waals surface area (Å²) < 4.78 is 41.8. The Morgan fingerprint density at radius 3 is 2.53 bits per heavy atom. The number of nitrogens with one attached hydrogen (secondary N) is 2. The highest BCUT2D eigenvalue weighted by Crippen LogP contribution is 2.35. The molecule has 0 spiro atoms. The number of carbonyl (C=O) groups is 1. The van der Waals surface area contributed by atoms with Gasteiger partial charge >= 0.3 is 6.18 Å². The second kappa shape index (κ2) is 8.79. The van der Waals surface area contributed by atoms with Crippen molar-refractivity contribution in [3.63, 3.8) is 0 Å². The Kier molecular flexibility index (Phi) is 5.81. The molecule has 1 aliphatic rings. The summed E-state index contributed by atoms with van der Waals surface area (Å²) in [5, 5.41) is 11.6. The number of nitrogens with zero attached hydrogens (tertiary/aromatic N) is 3.